The highest BCUT2D eigenvalue weighted by atomic mass is 127. The van der Waals surface area contributed by atoms with Crippen LogP contribution >= 0.6 is 22.6 Å². The Bertz CT molecular complexity index is 1020. The highest BCUT2D eigenvalue weighted by Crippen LogP contribution is 2.70. The van der Waals surface area contributed by atoms with Crippen LogP contribution < -0.4 is 0 Å². The monoisotopic (exact) mass is 635 g/mol. The van der Waals surface area contributed by atoms with E-state index in [1.165, 1.54) is 24.3 Å². The van der Waals surface area contributed by atoms with Gasteiger partial charge in [-0.05, 0) is 63.6 Å². The van der Waals surface area contributed by atoms with Crippen LogP contribution in [0.5, 0.6) is 0 Å². The molecule has 0 radical (unpaired) electrons. The van der Waals surface area contributed by atoms with Crippen LogP contribution in [0.15, 0.2) is 33.9 Å². The van der Waals surface area contributed by atoms with Crippen molar-refractivity contribution < 1.29 is 57.9 Å². The third-order valence-corrected chi connectivity index (χ3v) is 6.62. The molecule has 1 saturated carbocycles. The lowest BCUT2D eigenvalue weighted by atomic mass is 9.72. The van der Waals surface area contributed by atoms with Gasteiger partial charge in [-0.25, -0.2) is 4.39 Å². The molecular weight excluding hydrogens is 622 g/mol. The fraction of sp³-hybridized carbons (Fsp3) is 0.500. The number of rotatable bonds is 6. The van der Waals surface area contributed by atoms with Crippen molar-refractivity contribution in [2.24, 2.45) is 0 Å². The predicted molar refractivity (Wildman–Crippen MR) is 106 cm³/mol. The van der Waals surface area contributed by atoms with Crippen LogP contribution in [0.1, 0.15) is 40.0 Å². The van der Waals surface area contributed by atoms with Crippen molar-refractivity contribution in [3.05, 3.63) is 45.0 Å². The van der Waals surface area contributed by atoms with Crippen LogP contribution in [0.4, 0.5) is 48.3 Å². The summed E-state index contributed by atoms with van der Waals surface area (Å²) in [5.74, 6) is -36.7. The van der Waals surface area contributed by atoms with Gasteiger partial charge in [-0.1, -0.05) is 12.1 Å². The number of unbranched alkanes of at least 4 members (excludes halogenated alkanes) is 1. The first-order valence-electron chi connectivity index (χ1n) is 9.70. The zero-order valence-corrected chi connectivity index (χ0v) is 19.2. The minimum Gasteiger partial charge on any atom is -0.274 e. The molecule has 0 aromatic heterocycles. The summed E-state index contributed by atoms with van der Waals surface area (Å²) in [5.41, 5.74) is -5.92. The number of hydrogen-bond acceptors (Lipinski definition) is 2. The predicted octanol–water partition coefficient (Wildman–Crippen LogP) is 6.67. The minimum atomic E-state index is -7.26. The zero-order chi connectivity index (χ0) is 26.8. The fourth-order valence-electron chi connectivity index (χ4n) is 3.72. The highest BCUT2D eigenvalue weighted by molar-refractivity contribution is 14.1. The van der Waals surface area contributed by atoms with Gasteiger partial charge >= 0.3 is 29.6 Å². The molecule has 0 saturated heterocycles. The molecule has 1 aromatic rings. The number of carbonyl (C=O) groups excluding carboxylic acids is 2. The lowest BCUT2D eigenvalue weighted by Crippen LogP contribution is -2.83. The smallest absolute Gasteiger partial charge is 0.274 e. The number of allylic oxidation sites excluding steroid dienone is 2. The van der Waals surface area contributed by atoms with E-state index in [0.717, 1.165) is 27.5 Å². The van der Waals surface area contributed by atoms with E-state index in [4.69, 9.17) is 0 Å². The van der Waals surface area contributed by atoms with Crippen molar-refractivity contribution in [3.63, 3.8) is 0 Å². The Labute approximate surface area is 203 Å². The van der Waals surface area contributed by atoms with Gasteiger partial charge in [0, 0.05) is 6.54 Å². The summed E-state index contributed by atoms with van der Waals surface area (Å²) >= 11 is 0.946. The number of hydrogen-bond donors (Lipinski definition) is 0. The molecule has 0 atom stereocenters. The normalized spacial score (nSPS) is 25.5. The molecule has 0 bridgehead atoms. The van der Waals surface area contributed by atoms with E-state index in [2.05, 4.69) is 0 Å². The van der Waals surface area contributed by atoms with Crippen molar-refractivity contribution in [1.29, 1.82) is 0 Å². The number of fused-ring (bicyclic) bond motifs is 1. The van der Waals surface area contributed by atoms with Gasteiger partial charge in [-0.15, -0.1) is 0 Å². The molecule has 1 aliphatic carbocycles. The molecule has 0 unspecified atom stereocenters. The second kappa shape index (κ2) is 8.30. The standard InChI is InChI=1S/C20H13F11INO2/c21-15(16(22,23)18(26,27)20(30,31)19(28,29)17(15,24)25)9-10(32)5-3-4-8-33-13(34)11-6-1-2-7-12(11)14(33)35/h1-2,6-7,9H,3-5,8H2. The Morgan fingerprint density at radius 3 is 1.54 bits per heavy atom. The van der Waals surface area contributed by atoms with Gasteiger partial charge in [0.2, 0.25) is 0 Å². The second-order valence-electron chi connectivity index (χ2n) is 7.94. The summed E-state index contributed by atoms with van der Waals surface area (Å²) in [6.45, 7) is -0.244. The molecule has 2 aliphatic rings. The molecule has 15 heteroatoms. The molecule has 3 nitrogen and oxygen atoms in total. The van der Waals surface area contributed by atoms with Gasteiger partial charge in [0.15, 0.2) is 0 Å². The molecule has 1 aromatic carbocycles. The molecule has 194 valence electrons. The summed E-state index contributed by atoms with van der Waals surface area (Å²) in [5, 5.41) is 0. The number of halogens is 12. The Hall–Kier alpha value is -1.94. The highest BCUT2D eigenvalue weighted by Gasteiger charge is 3.00. The maximum atomic E-state index is 14.8. The summed E-state index contributed by atoms with van der Waals surface area (Å²) in [6.07, 6.45) is -1.83. The molecule has 3 rings (SSSR count). The lowest BCUT2D eigenvalue weighted by Gasteiger charge is -2.51. The maximum absolute atomic E-state index is 14.8. The number of nitrogens with zero attached hydrogens (tertiary/aromatic N) is 1. The Balaban J connectivity index is 1.76. The third-order valence-electron chi connectivity index (χ3n) is 5.77. The Morgan fingerprint density at radius 1 is 0.714 bits per heavy atom. The first-order chi connectivity index (χ1) is 15.8. The van der Waals surface area contributed by atoms with Crippen molar-refractivity contribution in [2.75, 3.05) is 6.54 Å². The number of imide groups is 1. The van der Waals surface area contributed by atoms with Gasteiger partial charge in [-0.2, -0.15) is 43.9 Å². The van der Waals surface area contributed by atoms with Crippen LogP contribution in [0.3, 0.4) is 0 Å². The van der Waals surface area contributed by atoms with Crippen molar-refractivity contribution in [2.45, 2.75) is 54.5 Å². The van der Waals surface area contributed by atoms with Gasteiger partial charge in [0.1, 0.15) is 0 Å². The van der Waals surface area contributed by atoms with Crippen LogP contribution in [0, 0.1) is 0 Å². The lowest BCUT2D eigenvalue weighted by molar-refractivity contribution is -0.476. The summed E-state index contributed by atoms with van der Waals surface area (Å²) in [7, 11) is 0. The van der Waals surface area contributed by atoms with Crippen molar-refractivity contribution >= 4 is 34.4 Å². The topological polar surface area (TPSA) is 37.4 Å². The molecule has 1 aliphatic heterocycles. The van der Waals surface area contributed by atoms with E-state index in [-0.39, 0.29) is 30.5 Å². The van der Waals surface area contributed by atoms with Crippen LogP contribution in [-0.2, 0) is 0 Å². The molecule has 1 heterocycles. The number of benzene rings is 1. The maximum Gasteiger partial charge on any atom is 0.384 e. The average molecular weight is 635 g/mol. The molecule has 0 spiro atoms. The quantitative estimate of drug-likeness (QED) is 0.152. The van der Waals surface area contributed by atoms with E-state index in [9.17, 15) is 57.9 Å². The minimum absolute atomic E-state index is 0.0950. The van der Waals surface area contributed by atoms with Gasteiger partial charge in [0.25, 0.3) is 17.5 Å². The molecule has 0 N–H and O–H groups in total. The SMILES string of the molecule is O=C1c2ccccc2C(=O)N1CCCCC(I)=CC1(F)C(F)(F)C(F)(F)C(F)(F)C(F)(F)C1(F)F. The number of alkyl halides is 11. The average Bonchev–Trinajstić information content (AvgIpc) is 3.00. The molecular formula is C20H13F11INO2. The Kier molecular flexibility index (Phi) is 6.55. The Morgan fingerprint density at radius 2 is 1.11 bits per heavy atom. The number of amides is 2. The first-order valence-corrected chi connectivity index (χ1v) is 10.8. The van der Waals surface area contributed by atoms with E-state index >= 15 is 0 Å². The second-order valence-corrected chi connectivity index (χ2v) is 9.33. The third kappa shape index (κ3) is 3.49. The summed E-state index contributed by atoms with van der Waals surface area (Å²) in [4.78, 5) is 25.3. The van der Waals surface area contributed by atoms with E-state index in [1.54, 1.807) is 0 Å². The number of carbonyl (C=O) groups is 2. The van der Waals surface area contributed by atoms with Gasteiger partial charge in [0.05, 0.1) is 11.1 Å². The first kappa shape index (κ1) is 27.6. The van der Waals surface area contributed by atoms with Gasteiger partial charge < -0.3 is 0 Å². The van der Waals surface area contributed by atoms with Crippen molar-refractivity contribution in [1.82, 2.24) is 4.90 Å². The van der Waals surface area contributed by atoms with Crippen molar-refractivity contribution in [3.8, 4) is 0 Å². The van der Waals surface area contributed by atoms with Gasteiger partial charge in [-0.3, -0.25) is 14.5 Å². The van der Waals surface area contributed by atoms with Crippen LogP contribution in [-0.4, -0.2) is 58.5 Å². The van der Waals surface area contributed by atoms with E-state index < -0.39 is 63.2 Å². The van der Waals surface area contributed by atoms with Crippen LogP contribution in [0.25, 0.3) is 0 Å². The molecule has 1 fully saturated rings. The fourth-order valence-corrected chi connectivity index (χ4v) is 4.53. The van der Waals surface area contributed by atoms with Crippen LogP contribution in [0.2, 0.25) is 0 Å². The van der Waals surface area contributed by atoms with E-state index in [0.29, 0.717) is 0 Å². The van der Waals surface area contributed by atoms with E-state index in [1.807, 2.05) is 0 Å². The zero-order valence-electron chi connectivity index (χ0n) is 17.0. The summed E-state index contributed by atoms with van der Waals surface area (Å²) < 4.78 is 151. The summed E-state index contributed by atoms with van der Waals surface area (Å²) in [6, 6.07) is 5.80. The molecule has 2 amide bonds. The largest absolute Gasteiger partial charge is 0.384 e. The molecule has 35 heavy (non-hydrogen) atoms.